The molecule has 0 aliphatic heterocycles. The number of hydrogen-bond acceptors (Lipinski definition) is 2. The highest BCUT2D eigenvalue weighted by atomic mass is 15.0. The average molecular weight is 826 g/mol. The molecule has 15 aromatic rings. The van der Waals surface area contributed by atoms with Crippen molar-refractivity contribution >= 4 is 104 Å². The first-order chi connectivity index (χ1) is 32.3. The fourth-order valence-corrected chi connectivity index (χ4v) is 11.2. The zero-order valence-electron chi connectivity index (χ0n) is 34.9. The van der Waals surface area contributed by atoms with Gasteiger partial charge in [-0.2, -0.15) is 0 Å². The Labute approximate surface area is 371 Å². The molecule has 0 spiro atoms. The summed E-state index contributed by atoms with van der Waals surface area (Å²) in [6.07, 6.45) is 0. The third-order valence-corrected chi connectivity index (χ3v) is 13.9. The third kappa shape index (κ3) is 4.71. The number of benzene rings is 10. The van der Waals surface area contributed by atoms with Crippen LogP contribution in [0.3, 0.4) is 0 Å². The SMILES string of the molecule is c1ccc(-n2c3ccccc3c3cc(-c4nc5ccccc5nc4-c4ccc(-n5c6ccc7ccccc7c6c6cc7c8ccccc8n8c9ccccc9c(c65)c78)cc4)ccc32)cc1. The van der Waals surface area contributed by atoms with Gasteiger partial charge in [0, 0.05) is 65.6 Å². The number of fused-ring (bicyclic) bond motifs is 16. The Morgan fingerprint density at radius 2 is 0.846 bits per heavy atom. The summed E-state index contributed by atoms with van der Waals surface area (Å²) in [7, 11) is 0. The summed E-state index contributed by atoms with van der Waals surface area (Å²) in [5.41, 5.74) is 16.2. The molecule has 0 radical (unpaired) electrons. The molecule has 5 heteroatoms. The number of hydrogen-bond donors (Lipinski definition) is 0. The van der Waals surface area contributed by atoms with Crippen molar-refractivity contribution in [3.63, 3.8) is 0 Å². The van der Waals surface area contributed by atoms with Gasteiger partial charge in [-0.1, -0.05) is 133 Å². The minimum Gasteiger partial charge on any atom is -0.309 e. The Balaban J connectivity index is 0.979. The van der Waals surface area contributed by atoms with Gasteiger partial charge >= 0.3 is 0 Å². The van der Waals surface area contributed by atoms with E-state index in [1.807, 2.05) is 12.1 Å². The number of aromatic nitrogens is 5. The second kappa shape index (κ2) is 12.9. The fourth-order valence-electron chi connectivity index (χ4n) is 11.2. The summed E-state index contributed by atoms with van der Waals surface area (Å²) in [5.74, 6) is 0. The van der Waals surface area contributed by atoms with Gasteiger partial charge in [-0.3, -0.25) is 0 Å². The van der Waals surface area contributed by atoms with Crippen molar-refractivity contribution in [2.24, 2.45) is 0 Å². The van der Waals surface area contributed by atoms with Gasteiger partial charge in [-0.25, -0.2) is 9.97 Å². The summed E-state index contributed by atoms with van der Waals surface area (Å²) in [5, 5.41) is 12.5. The quantitative estimate of drug-likeness (QED) is 0.177. The largest absolute Gasteiger partial charge is 0.309 e. The molecule has 5 nitrogen and oxygen atoms in total. The molecular formula is C60H35N5. The van der Waals surface area contributed by atoms with Gasteiger partial charge in [-0.15, -0.1) is 0 Å². The lowest BCUT2D eigenvalue weighted by atomic mass is 10.0. The molecule has 0 N–H and O–H groups in total. The average Bonchev–Trinajstić information content (AvgIpc) is 4.10. The Bertz CT molecular complexity index is 4460. The van der Waals surface area contributed by atoms with E-state index in [1.165, 1.54) is 87.0 Å². The maximum atomic E-state index is 5.38. The number of rotatable bonds is 4. The first-order valence-electron chi connectivity index (χ1n) is 22.3. The summed E-state index contributed by atoms with van der Waals surface area (Å²) in [6.45, 7) is 0. The van der Waals surface area contributed by atoms with Crippen molar-refractivity contribution in [2.75, 3.05) is 0 Å². The molecular weight excluding hydrogens is 791 g/mol. The predicted molar refractivity (Wildman–Crippen MR) is 271 cm³/mol. The van der Waals surface area contributed by atoms with E-state index >= 15 is 0 Å². The zero-order valence-corrected chi connectivity index (χ0v) is 34.9. The van der Waals surface area contributed by atoms with Gasteiger partial charge in [0.25, 0.3) is 0 Å². The highest BCUT2D eigenvalue weighted by molar-refractivity contribution is 6.36. The second-order valence-electron chi connectivity index (χ2n) is 17.3. The second-order valence-corrected chi connectivity index (χ2v) is 17.3. The Morgan fingerprint density at radius 3 is 1.62 bits per heavy atom. The monoisotopic (exact) mass is 825 g/mol. The van der Waals surface area contributed by atoms with Crippen LogP contribution >= 0.6 is 0 Å². The highest BCUT2D eigenvalue weighted by Crippen LogP contribution is 2.48. The van der Waals surface area contributed by atoms with Crippen molar-refractivity contribution in [3.05, 3.63) is 212 Å². The standard InChI is InChI=1S/C60H35N5/c1-2-15-39(16-3-1)63-50-23-11-6-18-42(50)45-34-38(29-32-53(45)63)58-57(61-48-21-9-10-22-49(48)62-58)37-26-30-40(31-27-37)64-54-33-28-36-14-4-5-17-41(36)55(54)47-35-46-43-19-7-12-24-51(43)65-52-25-13-8-20-44(52)56(59(46)65)60(47)64/h1-35H. The molecule has 0 aliphatic carbocycles. The lowest BCUT2D eigenvalue weighted by Crippen LogP contribution is -1.98. The van der Waals surface area contributed by atoms with Gasteiger partial charge in [0.2, 0.25) is 0 Å². The topological polar surface area (TPSA) is 40.0 Å². The van der Waals surface area contributed by atoms with Crippen LogP contribution in [-0.4, -0.2) is 23.5 Å². The molecule has 0 bridgehead atoms. The van der Waals surface area contributed by atoms with E-state index in [4.69, 9.17) is 9.97 Å². The molecule has 15 rings (SSSR count). The van der Waals surface area contributed by atoms with Crippen molar-refractivity contribution < 1.29 is 0 Å². The van der Waals surface area contributed by atoms with Crippen molar-refractivity contribution in [1.82, 2.24) is 23.5 Å². The van der Waals surface area contributed by atoms with E-state index in [1.54, 1.807) is 0 Å². The maximum absolute atomic E-state index is 5.38. The fraction of sp³-hybridized carbons (Fsp3) is 0. The smallest absolute Gasteiger partial charge is 0.0973 e. The molecule has 0 aliphatic rings. The molecule has 300 valence electrons. The normalized spacial score (nSPS) is 12.3. The van der Waals surface area contributed by atoms with Crippen LogP contribution < -0.4 is 0 Å². The van der Waals surface area contributed by atoms with Crippen LogP contribution in [0.2, 0.25) is 0 Å². The van der Waals surface area contributed by atoms with Crippen LogP contribution in [0, 0.1) is 0 Å². The molecule has 5 aromatic heterocycles. The van der Waals surface area contributed by atoms with Crippen LogP contribution in [0.25, 0.3) is 137 Å². The number of para-hydroxylation sites is 6. The summed E-state index contributed by atoms with van der Waals surface area (Å²) in [6, 6.07) is 76.9. The van der Waals surface area contributed by atoms with E-state index in [2.05, 4.69) is 214 Å². The molecule has 0 amide bonds. The van der Waals surface area contributed by atoms with Crippen molar-refractivity contribution in [2.45, 2.75) is 0 Å². The van der Waals surface area contributed by atoms with E-state index in [9.17, 15) is 0 Å². The number of nitrogens with zero attached hydrogens (tertiary/aromatic N) is 5. The third-order valence-electron chi connectivity index (χ3n) is 13.9. The molecule has 0 saturated heterocycles. The lowest BCUT2D eigenvalue weighted by molar-refractivity contribution is 1.18. The van der Waals surface area contributed by atoms with E-state index in [0.29, 0.717) is 0 Å². The minimum atomic E-state index is 0.855. The summed E-state index contributed by atoms with van der Waals surface area (Å²) in [4.78, 5) is 10.8. The minimum absolute atomic E-state index is 0.855. The van der Waals surface area contributed by atoms with Crippen LogP contribution in [-0.2, 0) is 0 Å². The maximum Gasteiger partial charge on any atom is 0.0973 e. The highest BCUT2D eigenvalue weighted by Gasteiger charge is 2.25. The molecule has 5 heterocycles. The van der Waals surface area contributed by atoms with Crippen LogP contribution in [0.1, 0.15) is 0 Å². The molecule has 10 aromatic carbocycles. The Morgan fingerprint density at radius 1 is 0.292 bits per heavy atom. The molecule has 65 heavy (non-hydrogen) atoms. The Kier molecular flexibility index (Phi) is 6.89. The molecule has 0 saturated carbocycles. The zero-order chi connectivity index (χ0) is 42.3. The van der Waals surface area contributed by atoms with Gasteiger partial charge in [0.1, 0.15) is 0 Å². The molecule has 0 atom stereocenters. The Hall–Kier alpha value is -8.80. The predicted octanol–water partition coefficient (Wildman–Crippen LogP) is 15.5. The van der Waals surface area contributed by atoms with Crippen LogP contribution in [0.5, 0.6) is 0 Å². The van der Waals surface area contributed by atoms with E-state index < -0.39 is 0 Å². The van der Waals surface area contributed by atoms with Gasteiger partial charge < -0.3 is 13.5 Å². The van der Waals surface area contributed by atoms with Crippen molar-refractivity contribution in [3.8, 4) is 33.9 Å². The molecule has 0 fully saturated rings. The summed E-state index contributed by atoms with van der Waals surface area (Å²) < 4.78 is 7.34. The van der Waals surface area contributed by atoms with Gasteiger partial charge in [0.05, 0.1) is 61.0 Å². The first-order valence-corrected chi connectivity index (χ1v) is 22.3. The molecule has 0 unspecified atom stereocenters. The first kappa shape index (κ1) is 34.7. The van der Waals surface area contributed by atoms with Crippen LogP contribution in [0.15, 0.2) is 212 Å². The van der Waals surface area contributed by atoms with Gasteiger partial charge in [0.15, 0.2) is 0 Å². The summed E-state index contributed by atoms with van der Waals surface area (Å²) >= 11 is 0. The van der Waals surface area contributed by atoms with Crippen molar-refractivity contribution in [1.29, 1.82) is 0 Å². The van der Waals surface area contributed by atoms with E-state index in [-0.39, 0.29) is 0 Å². The lowest BCUT2D eigenvalue weighted by Gasteiger charge is -2.13. The van der Waals surface area contributed by atoms with Crippen LogP contribution in [0.4, 0.5) is 0 Å². The van der Waals surface area contributed by atoms with E-state index in [0.717, 1.165) is 50.4 Å². The van der Waals surface area contributed by atoms with Gasteiger partial charge in [-0.05, 0) is 89.6 Å².